The molecule has 1 aromatic heterocycles. The van der Waals surface area contributed by atoms with E-state index in [-0.39, 0.29) is 11.3 Å². The number of hydrogen-bond acceptors (Lipinski definition) is 6. The number of carbonyl (C=O) groups is 1. The molecular formula is C20H20N4O3S. The number of thiazole rings is 1. The lowest BCUT2D eigenvalue weighted by atomic mass is 10.1. The summed E-state index contributed by atoms with van der Waals surface area (Å²) in [5.41, 5.74) is 2.59. The molecule has 0 saturated heterocycles. The molecule has 0 aliphatic rings. The molecule has 3 rings (SSSR count). The van der Waals surface area contributed by atoms with Crippen molar-refractivity contribution < 1.29 is 9.72 Å². The first-order chi connectivity index (χ1) is 13.5. The Morgan fingerprint density at radius 1 is 1.18 bits per heavy atom. The van der Waals surface area contributed by atoms with E-state index in [9.17, 15) is 14.9 Å². The van der Waals surface area contributed by atoms with Crippen molar-refractivity contribution in [2.24, 2.45) is 0 Å². The minimum absolute atomic E-state index is 0.115. The number of nitro benzene ring substituents is 1. The van der Waals surface area contributed by atoms with Gasteiger partial charge in [0.25, 0.3) is 11.6 Å². The number of non-ortho nitro benzene ring substituents is 1. The third-order valence-electron chi connectivity index (χ3n) is 4.28. The van der Waals surface area contributed by atoms with Gasteiger partial charge in [0.15, 0.2) is 5.13 Å². The Kier molecular flexibility index (Phi) is 6.00. The van der Waals surface area contributed by atoms with Gasteiger partial charge in [0.1, 0.15) is 0 Å². The van der Waals surface area contributed by atoms with Crippen molar-refractivity contribution in [3.8, 4) is 11.3 Å². The first-order valence-electron chi connectivity index (χ1n) is 8.88. The zero-order valence-corrected chi connectivity index (χ0v) is 16.4. The standard InChI is InChI=1S/C20H20N4O3S/c1-3-23(4-2)20-22-18(13-28-20)14-8-10-16(11-9-14)21-19(25)15-6-5-7-17(12-15)24(26)27/h5-13H,3-4H2,1-2H3,(H,21,25). The first-order valence-corrected chi connectivity index (χ1v) is 9.76. The molecule has 0 atom stereocenters. The molecule has 144 valence electrons. The minimum atomic E-state index is -0.522. The van der Waals surface area contributed by atoms with E-state index in [0.717, 1.165) is 29.5 Å². The van der Waals surface area contributed by atoms with Crippen LogP contribution in [0.3, 0.4) is 0 Å². The summed E-state index contributed by atoms with van der Waals surface area (Å²) >= 11 is 1.61. The van der Waals surface area contributed by atoms with E-state index in [1.807, 2.05) is 17.5 Å². The van der Waals surface area contributed by atoms with Crippen LogP contribution in [0.25, 0.3) is 11.3 Å². The Hall–Kier alpha value is -3.26. The maximum Gasteiger partial charge on any atom is 0.270 e. The van der Waals surface area contributed by atoms with Gasteiger partial charge in [0, 0.05) is 47.4 Å². The summed E-state index contributed by atoms with van der Waals surface area (Å²) in [6, 6.07) is 13.0. The summed E-state index contributed by atoms with van der Waals surface area (Å²) in [4.78, 5) is 29.5. The minimum Gasteiger partial charge on any atom is -0.349 e. The number of rotatable bonds is 7. The lowest BCUT2D eigenvalue weighted by Crippen LogP contribution is -2.21. The maximum atomic E-state index is 12.3. The van der Waals surface area contributed by atoms with E-state index in [4.69, 9.17) is 0 Å². The summed E-state index contributed by atoms with van der Waals surface area (Å²) in [6.07, 6.45) is 0. The third kappa shape index (κ3) is 4.34. The van der Waals surface area contributed by atoms with Crippen LogP contribution in [-0.4, -0.2) is 28.9 Å². The van der Waals surface area contributed by atoms with Gasteiger partial charge < -0.3 is 10.2 Å². The topological polar surface area (TPSA) is 88.4 Å². The average Bonchev–Trinajstić information content (AvgIpc) is 3.19. The fourth-order valence-electron chi connectivity index (χ4n) is 2.72. The molecule has 7 nitrogen and oxygen atoms in total. The Morgan fingerprint density at radius 3 is 2.54 bits per heavy atom. The highest BCUT2D eigenvalue weighted by Crippen LogP contribution is 2.28. The van der Waals surface area contributed by atoms with Gasteiger partial charge in [0.2, 0.25) is 0 Å². The van der Waals surface area contributed by atoms with Gasteiger partial charge in [-0.2, -0.15) is 0 Å². The molecule has 0 aliphatic carbocycles. The predicted octanol–water partition coefficient (Wildman–Crippen LogP) is 4.82. The van der Waals surface area contributed by atoms with Crippen molar-refractivity contribution in [1.82, 2.24) is 4.98 Å². The molecule has 0 unspecified atom stereocenters. The van der Waals surface area contributed by atoms with Crippen molar-refractivity contribution in [1.29, 1.82) is 0 Å². The van der Waals surface area contributed by atoms with Crippen molar-refractivity contribution in [3.63, 3.8) is 0 Å². The summed E-state index contributed by atoms with van der Waals surface area (Å²) in [6.45, 7) is 6.02. The Balaban J connectivity index is 1.72. The molecule has 0 spiro atoms. The summed E-state index contributed by atoms with van der Waals surface area (Å²) in [7, 11) is 0. The fourth-order valence-corrected chi connectivity index (χ4v) is 3.69. The lowest BCUT2D eigenvalue weighted by Gasteiger charge is -2.16. The van der Waals surface area contributed by atoms with Crippen LogP contribution >= 0.6 is 11.3 Å². The molecule has 0 fully saturated rings. The Labute approximate surface area is 166 Å². The molecule has 0 aliphatic heterocycles. The highest BCUT2D eigenvalue weighted by Gasteiger charge is 2.12. The number of anilines is 2. The van der Waals surface area contributed by atoms with Crippen LogP contribution in [-0.2, 0) is 0 Å². The molecule has 0 saturated carbocycles. The summed E-state index contributed by atoms with van der Waals surface area (Å²) in [5, 5.41) is 16.6. The second kappa shape index (κ2) is 8.62. The van der Waals surface area contributed by atoms with Gasteiger partial charge in [-0.05, 0) is 32.0 Å². The van der Waals surface area contributed by atoms with Gasteiger partial charge in [-0.1, -0.05) is 18.2 Å². The van der Waals surface area contributed by atoms with E-state index < -0.39 is 10.8 Å². The Bertz CT molecular complexity index is 981. The Morgan fingerprint density at radius 2 is 1.89 bits per heavy atom. The number of hydrogen-bond donors (Lipinski definition) is 1. The third-order valence-corrected chi connectivity index (χ3v) is 5.19. The highest BCUT2D eigenvalue weighted by atomic mass is 32.1. The van der Waals surface area contributed by atoms with Crippen LogP contribution in [0.5, 0.6) is 0 Å². The predicted molar refractivity (Wildman–Crippen MR) is 112 cm³/mol. The number of benzene rings is 2. The quantitative estimate of drug-likeness (QED) is 0.457. The molecule has 28 heavy (non-hydrogen) atoms. The average molecular weight is 396 g/mol. The summed E-state index contributed by atoms with van der Waals surface area (Å²) in [5.74, 6) is -0.395. The van der Waals surface area contributed by atoms with E-state index in [1.54, 1.807) is 29.5 Å². The number of carbonyl (C=O) groups excluding carboxylic acids is 1. The molecular weight excluding hydrogens is 376 g/mol. The van der Waals surface area contributed by atoms with Gasteiger partial charge in [-0.25, -0.2) is 4.98 Å². The van der Waals surface area contributed by atoms with E-state index in [2.05, 4.69) is 29.0 Å². The second-order valence-corrected chi connectivity index (χ2v) is 6.86. The largest absolute Gasteiger partial charge is 0.349 e. The fraction of sp³-hybridized carbons (Fsp3) is 0.200. The lowest BCUT2D eigenvalue weighted by molar-refractivity contribution is -0.384. The number of amides is 1. The molecule has 0 radical (unpaired) electrons. The monoisotopic (exact) mass is 396 g/mol. The maximum absolute atomic E-state index is 12.3. The van der Waals surface area contributed by atoms with Gasteiger partial charge in [-0.15, -0.1) is 11.3 Å². The van der Waals surface area contributed by atoms with Crippen LogP contribution < -0.4 is 10.2 Å². The van der Waals surface area contributed by atoms with Gasteiger partial charge in [-0.3, -0.25) is 14.9 Å². The van der Waals surface area contributed by atoms with Crippen molar-refractivity contribution >= 4 is 33.8 Å². The van der Waals surface area contributed by atoms with Crippen LogP contribution in [0.4, 0.5) is 16.5 Å². The van der Waals surface area contributed by atoms with Gasteiger partial charge >= 0.3 is 0 Å². The number of nitrogens with one attached hydrogen (secondary N) is 1. The van der Waals surface area contributed by atoms with Crippen LogP contribution in [0, 0.1) is 10.1 Å². The molecule has 1 amide bonds. The number of aromatic nitrogens is 1. The molecule has 2 aromatic carbocycles. The van der Waals surface area contributed by atoms with Crippen LogP contribution in [0.2, 0.25) is 0 Å². The molecule has 0 bridgehead atoms. The first kappa shape index (κ1) is 19.5. The molecule has 1 N–H and O–H groups in total. The second-order valence-electron chi connectivity index (χ2n) is 6.03. The SMILES string of the molecule is CCN(CC)c1nc(-c2ccc(NC(=O)c3cccc([N+](=O)[O-])c3)cc2)cs1. The highest BCUT2D eigenvalue weighted by molar-refractivity contribution is 7.14. The number of nitro groups is 1. The van der Waals surface area contributed by atoms with Crippen LogP contribution in [0.15, 0.2) is 53.9 Å². The zero-order valence-electron chi connectivity index (χ0n) is 15.6. The van der Waals surface area contributed by atoms with E-state index in [0.29, 0.717) is 5.69 Å². The normalized spacial score (nSPS) is 10.5. The van der Waals surface area contributed by atoms with Crippen LogP contribution in [0.1, 0.15) is 24.2 Å². The summed E-state index contributed by atoms with van der Waals surface area (Å²) < 4.78 is 0. The smallest absolute Gasteiger partial charge is 0.270 e. The molecule has 8 heteroatoms. The van der Waals surface area contributed by atoms with Crippen molar-refractivity contribution in [3.05, 3.63) is 69.6 Å². The van der Waals surface area contributed by atoms with Crippen molar-refractivity contribution in [2.45, 2.75) is 13.8 Å². The zero-order chi connectivity index (χ0) is 20.1. The number of nitrogens with zero attached hydrogens (tertiary/aromatic N) is 3. The molecule has 1 heterocycles. The van der Waals surface area contributed by atoms with Crippen molar-refractivity contribution in [2.75, 3.05) is 23.3 Å². The van der Waals surface area contributed by atoms with E-state index >= 15 is 0 Å². The van der Waals surface area contributed by atoms with Gasteiger partial charge in [0.05, 0.1) is 10.6 Å². The molecule has 3 aromatic rings. The van der Waals surface area contributed by atoms with E-state index in [1.165, 1.54) is 18.2 Å².